The molecule has 0 aliphatic carbocycles. The highest BCUT2D eigenvalue weighted by atomic mass is 19.1. The van der Waals surface area contributed by atoms with E-state index in [9.17, 15) is 9.18 Å². The Labute approximate surface area is 190 Å². The van der Waals surface area contributed by atoms with Gasteiger partial charge >= 0.3 is 6.03 Å². The number of aromatic nitrogens is 2. The Kier molecular flexibility index (Phi) is 5.22. The average molecular weight is 440 g/mol. The molecular weight excluding hydrogens is 419 g/mol. The van der Waals surface area contributed by atoms with E-state index in [1.54, 1.807) is 17.0 Å². The van der Waals surface area contributed by atoms with Gasteiger partial charge in [-0.25, -0.2) is 9.18 Å². The number of hydrogen-bond acceptors (Lipinski definition) is 4. The molecule has 164 valence electrons. The molecule has 0 saturated carbocycles. The van der Waals surface area contributed by atoms with Crippen LogP contribution in [0.1, 0.15) is 30.0 Å². The molecule has 4 aromatic rings. The number of halogens is 1. The van der Waals surface area contributed by atoms with Gasteiger partial charge in [-0.05, 0) is 55.8 Å². The van der Waals surface area contributed by atoms with Crippen molar-refractivity contribution in [3.05, 3.63) is 107 Å². The van der Waals surface area contributed by atoms with Crippen molar-refractivity contribution in [3.8, 4) is 11.4 Å². The molecule has 0 saturated heterocycles. The highest BCUT2D eigenvalue weighted by molar-refractivity contribution is 6.01. The van der Waals surface area contributed by atoms with Gasteiger partial charge in [-0.1, -0.05) is 53.2 Å². The quantitative estimate of drug-likeness (QED) is 0.430. The standard InChI is InChI=1S/C26H21FN4O2/c1-16-8-10-18(11-9-16)23-22(17(2)31(26(32)28-23)21-6-4-3-5-7-21)25-29-24(30-33-25)19-12-14-20(27)15-13-19/h3-15,23H,1-2H3,(H,28,32). The minimum absolute atomic E-state index is 0.244. The third-order valence-electron chi connectivity index (χ3n) is 5.67. The Hall–Kier alpha value is -4.26. The SMILES string of the molecule is CC1=C(c2nc(-c3ccc(F)cc3)no2)C(c2ccc(C)cc2)NC(=O)N1c1ccccc1. The smallest absolute Gasteiger partial charge is 0.326 e. The van der Waals surface area contributed by atoms with Crippen molar-refractivity contribution in [1.82, 2.24) is 15.5 Å². The van der Waals surface area contributed by atoms with Crippen LogP contribution in [0, 0.1) is 12.7 Å². The third kappa shape index (κ3) is 3.89. The summed E-state index contributed by atoms with van der Waals surface area (Å²) in [6.45, 7) is 3.87. The molecule has 2 heterocycles. The lowest BCUT2D eigenvalue weighted by Gasteiger charge is -2.35. The molecule has 0 fully saturated rings. The first-order valence-electron chi connectivity index (χ1n) is 10.5. The number of hydrogen-bond donors (Lipinski definition) is 1. The van der Waals surface area contributed by atoms with Crippen molar-refractivity contribution in [2.45, 2.75) is 19.9 Å². The summed E-state index contributed by atoms with van der Waals surface area (Å²) in [5.41, 5.74) is 4.76. The number of urea groups is 1. The van der Waals surface area contributed by atoms with Gasteiger partial charge in [0.05, 0.1) is 17.3 Å². The Morgan fingerprint density at radius 1 is 0.939 bits per heavy atom. The van der Waals surface area contributed by atoms with Gasteiger partial charge in [0.1, 0.15) is 5.82 Å². The number of amides is 2. The predicted molar refractivity (Wildman–Crippen MR) is 124 cm³/mol. The molecule has 5 rings (SSSR count). The number of para-hydroxylation sites is 1. The molecule has 0 spiro atoms. The highest BCUT2D eigenvalue weighted by Gasteiger charge is 2.36. The molecule has 1 aliphatic heterocycles. The highest BCUT2D eigenvalue weighted by Crippen LogP contribution is 2.39. The lowest BCUT2D eigenvalue weighted by molar-refractivity contribution is 0.244. The van der Waals surface area contributed by atoms with E-state index >= 15 is 0 Å². The lowest BCUT2D eigenvalue weighted by Crippen LogP contribution is -2.46. The van der Waals surface area contributed by atoms with Gasteiger partial charge in [0.15, 0.2) is 0 Å². The molecule has 6 nitrogen and oxygen atoms in total. The molecule has 1 N–H and O–H groups in total. The number of carbonyl (C=O) groups excluding carboxylic acids is 1. The van der Waals surface area contributed by atoms with E-state index in [1.807, 2.05) is 68.4 Å². The number of aryl methyl sites for hydroxylation is 1. The predicted octanol–water partition coefficient (Wildman–Crippen LogP) is 5.89. The summed E-state index contributed by atoms with van der Waals surface area (Å²) in [6, 6.07) is 22.5. The summed E-state index contributed by atoms with van der Waals surface area (Å²) in [7, 11) is 0. The van der Waals surface area contributed by atoms with Gasteiger partial charge in [-0.15, -0.1) is 0 Å². The van der Waals surface area contributed by atoms with E-state index in [0.29, 0.717) is 28.5 Å². The van der Waals surface area contributed by atoms with Crippen molar-refractivity contribution in [2.24, 2.45) is 0 Å². The fraction of sp³-hybridized carbons (Fsp3) is 0.115. The van der Waals surface area contributed by atoms with Crippen LogP contribution < -0.4 is 10.2 Å². The van der Waals surface area contributed by atoms with E-state index in [2.05, 4.69) is 15.5 Å². The molecule has 1 atom stereocenters. The maximum Gasteiger partial charge on any atom is 0.326 e. The zero-order valence-corrected chi connectivity index (χ0v) is 18.1. The van der Waals surface area contributed by atoms with Crippen LogP contribution in [0.25, 0.3) is 17.0 Å². The minimum Gasteiger partial charge on any atom is -0.334 e. The molecular formula is C26H21FN4O2. The number of rotatable bonds is 4. The summed E-state index contributed by atoms with van der Waals surface area (Å²) < 4.78 is 19.0. The van der Waals surface area contributed by atoms with Gasteiger partial charge in [-0.2, -0.15) is 4.98 Å². The normalized spacial score (nSPS) is 16.2. The van der Waals surface area contributed by atoms with Crippen LogP contribution in [0.4, 0.5) is 14.9 Å². The molecule has 3 aromatic carbocycles. The second kappa shape index (κ2) is 8.35. The first kappa shape index (κ1) is 20.6. The van der Waals surface area contributed by atoms with E-state index in [-0.39, 0.29) is 11.8 Å². The Bertz CT molecular complexity index is 1330. The third-order valence-corrected chi connectivity index (χ3v) is 5.67. The van der Waals surface area contributed by atoms with Crippen LogP contribution in [0.2, 0.25) is 0 Å². The topological polar surface area (TPSA) is 71.3 Å². The van der Waals surface area contributed by atoms with Crippen LogP contribution in [0.5, 0.6) is 0 Å². The molecule has 0 radical (unpaired) electrons. The number of benzene rings is 3. The van der Waals surface area contributed by atoms with Gasteiger partial charge < -0.3 is 9.84 Å². The van der Waals surface area contributed by atoms with Gasteiger partial charge in [0.25, 0.3) is 5.89 Å². The Morgan fingerprint density at radius 3 is 2.33 bits per heavy atom. The van der Waals surface area contributed by atoms with E-state index in [1.165, 1.54) is 12.1 Å². The summed E-state index contributed by atoms with van der Waals surface area (Å²) in [5.74, 6) is 0.295. The number of nitrogens with one attached hydrogen (secondary N) is 1. The number of anilines is 1. The van der Waals surface area contributed by atoms with Gasteiger partial charge in [0.2, 0.25) is 5.82 Å². The molecule has 2 amide bonds. The number of nitrogens with zero attached hydrogens (tertiary/aromatic N) is 3. The average Bonchev–Trinajstić information content (AvgIpc) is 3.30. The largest absolute Gasteiger partial charge is 0.334 e. The monoisotopic (exact) mass is 440 g/mol. The Morgan fingerprint density at radius 2 is 1.64 bits per heavy atom. The first-order valence-corrected chi connectivity index (χ1v) is 10.5. The van der Waals surface area contributed by atoms with E-state index in [4.69, 9.17) is 4.52 Å². The van der Waals surface area contributed by atoms with Crippen molar-refractivity contribution < 1.29 is 13.7 Å². The summed E-state index contributed by atoms with van der Waals surface area (Å²) in [5, 5.41) is 7.20. The zero-order valence-electron chi connectivity index (χ0n) is 18.1. The summed E-state index contributed by atoms with van der Waals surface area (Å²) in [4.78, 5) is 19.4. The van der Waals surface area contributed by atoms with E-state index < -0.39 is 6.04 Å². The number of carbonyl (C=O) groups is 1. The lowest BCUT2D eigenvalue weighted by atomic mass is 9.94. The van der Waals surface area contributed by atoms with Crippen LogP contribution in [0.15, 0.2) is 89.1 Å². The van der Waals surface area contributed by atoms with Crippen molar-refractivity contribution in [1.29, 1.82) is 0 Å². The van der Waals surface area contributed by atoms with E-state index in [0.717, 1.165) is 16.8 Å². The van der Waals surface area contributed by atoms with Crippen molar-refractivity contribution >= 4 is 17.3 Å². The molecule has 1 aromatic heterocycles. The minimum atomic E-state index is -0.473. The fourth-order valence-corrected chi connectivity index (χ4v) is 3.97. The molecule has 1 unspecified atom stereocenters. The second-order valence-electron chi connectivity index (χ2n) is 7.89. The Balaban J connectivity index is 1.64. The molecule has 33 heavy (non-hydrogen) atoms. The van der Waals surface area contributed by atoms with Crippen molar-refractivity contribution in [2.75, 3.05) is 4.90 Å². The van der Waals surface area contributed by atoms with Crippen LogP contribution in [-0.2, 0) is 0 Å². The van der Waals surface area contributed by atoms with Crippen molar-refractivity contribution in [3.63, 3.8) is 0 Å². The van der Waals surface area contributed by atoms with Crippen LogP contribution in [0.3, 0.4) is 0 Å². The molecule has 7 heteroatoms. The summed E-state index contributed by atoms with van der Waals surface area (Å²) >= 11 is 0. The molecule has 1 aliphatic rings. The van der Waals surface area contributed by atoms with Crippen LogP contribution >= 0.6 is 0 Å². The first-order chi connectivity index (χ1) is 16.0. The maximum absolute atomic E-state index is 13.3. The van der Waals surface area contributed by atoms with Gasteiger partial charge in [-0.3, -0.25) is 4.90 Å². The number of allylic oxidation sites excluding steroid dienone is 1. The fourth-order valence-electron chi connectivity index (χ4n) is 3.97. The summed E-state index contributed by atoms with van der Waals surface area (Å²) in [6.07, 6.45) is 0. The van der Waals surface area contributed by atoms with Crippen LogP contribution in [-0.4, -0.2) is 16.2 Å². The maximum atomic E-state index is 13.3. The second-order valence-corrected chi connectivity index (χ2v) is 7.89. The molecule has 0 bridgehead atoms. The van der Waals surface area contributed by atoms with Gasteiger partial charge in [0, 0.05) is 11.3 Å². The zero-order chi connectivity index (χ0) is 22.9.